The van der Waals surface area contributed by atoms with Gasteiger partial charge in [-0.15, -0.1) is 11.3 Å². The fourth-order valence-electron chi connectivity index (χ4n) is 2.05. The molecule has 4 nitrogen and oxygen atoms in total. The first-order valence-corrected chi connectivity index (χ1v) is 7.82. The van der Waals surface area contributed by atoms with Crippen LogP contribution in [0, 0.1) is 11.3 Å². The SMILES string of the molecule is N#Cc1ccccc1COC(=O)c1csc(-c2ccccc2)n1. The molecule has 3 aromatic rings. The van der Waals surface area contributed by atoms with Crippen molar-refractivity contribution >= 4 is 17.3 Å². The lowest BCUT2D eigenvalue weighted by Crippen LogP contribution is -2.06. The van der Waals surface area contributed by atoms with Crippen molar-refractivity contribution in [2.45, 2.75) is 6.61 Å². The Morgan fingerprint density at radius 3 is 2.65 bits per heavy atom. The second-order valence-electron chi connectivity index (χ2n) is 4.75. The molecule has 0 amide bonds. The van der Waals surface area contributed by atoms with Gasteiger partial charge >= 0.3 is 5.97 Å². The van der Waals surface area contributed by atoms with E-state index < -0.39 is 5.97 Å². The number of esters is 1. The summed E-state index contributed by atoms with van der Waals surface area (Å²) < 4.78 is 5.26. The van der Waals surface area contributed by atoms with Gasteiger partial charge in [-0.3, -0.25) is 0 Å². The molecule has 0 aliphatic rings. The number of thiazole rings is 1. The first kappa shape index (κ1) is 14.9. The van der Waals surface area contributed by atoms with Crippen LogP contribution in [0.25, 0.3) is 10.6 Å². The van der Waals surface area contributed by atoms with Crippen molar-refractivity contribution in [2.24, 2.45) is 0 Å². The minimum absolute atomic E-state index is 0.0563. The maximum absolute atomic E-state index is 12.1. The molecule has 5 heteroatoms. The van der Waals surface area contributed by atoms with E-state index in [4.69, 9.17) is 10.00 Å². The Hall–Kier alpha value is -2.97. The summed E-state index contributed by atoms with van der Waals surface area (Å²) in [6.45, 7) is 0.0563. The van der Waals surface area contributed by atoms with Gasteiger partial charge in [-0.05, 0) is 6.07 Å². The zero-order valence-electron chi connectivity index (χ0n) is 12.1. The van der Waals surface area contributed by atoms with E-state index in [2.05, 4.69) is 11.1 Å². The van der Waals surface area contributed by atoms with Crippen molar-refractivity contribution in [1.29, 1.82) is 5.26 Å². The van der Waals surface area contributed by atoms with Crippen LogP contribution in [0.4, 0.5) is 0 Å². The van der Waals surface area contributed by atoms with Crippen LogP contribution >= 0.6 is 11.3 Å². The van der Waals surface area contributed by atoms with Gasteiger partial charge in [0.15, 0.2) is 5.69 Å². The number of aromatic nitrogens is 1. The molecule has 0 aliphatic heterocycles. The van der Waals surface area contributed by atoms with Crippen LogP contribution in [0.5, 0.6) is 0 Å². The van der Waals surface area contributed by atoms with Gasteiger partial charge < -0.3 is 4.74 Å². The van der Waals surface area contributed by atoms with E-state index in [0.717, 1.165) is 10.6 Å². The Labute approximate surface area is 137 Å². The Bertz CT molecular complexity index is 866. The van der Waals surface area contributed by atoms with Crippen molar-refractivity contribution < 1.29 is 9.53 Å². The second kappa shape index (κ2) is 6.86. The lowest BCUT2D eigenvalue weighted by Gasteiger charge is -2.04. The summed E-state index contributed by atoms with van der Waals surface area (Å²) in [5.41, 5.74) is 2.43. The largest absolute Gasteiger partial charge is 0.456 e. The van der Waals surface area contributed by atoms with Crippen LogP contribution in [-0.2, 0) is 11.3 Å². The summed E-state index contributed by atoms with van der Waals surface area (Å²) >= 11 is 1.40. The Balaban J connectivity index is 1.70. The van der Waals surface area contributed by atoms with E-state index in [1.54, 1.807) is 29.6 Å². The van der Waals surface area contributed by atoms with Gasteiger partial charge in [0.25, 0.3) is 0 Å². The minimum Gasteiger partial charge on any atom is -0.456 e. The van der Waals surface area contributed by atoms with Crippen molar-refractivity contribution in [2.75, 3.05) is 0 Å². The predicted octanol–water partition coefficient (Wildman–Crippen LogP) is 4.04. The molecule has 112 valence electrons. The van der Waals surface area contributed by atoms with E-state index in [9.17, 15) is 4.79 Å². The second-order valence-corrected chi connectivity index (χ2v) is 5.61. The minimum atomic E-state index is -0.490. The fourth-order valence-corrected chi connectivity index (χ4v) is 2.85. The zero-order chi connectivity index (χ0) is 16.1. The Kier molecular flexibility index (Phi) is 4.46. The highest BCUT2D eigenvalue weighted by molar-refractivity contribution is 7.13. The summed E-state index contributed by atoms with van der Waals surface area (Å²) in [5, 5.41) is 11.5. The smallest absolute Gasteiger partial charge is 0.358 e. The summed E-state index contributed by atoms with van der Waals surface area (Å²) in [6.07, 6.45) is 0. The summed E-state index contributed by atoms with van der Waals surface area (Å²) in [6, 6.07) is 18.8. The quantitative estimate of drug-likeness (QED) is 0.681. The molecule has 0 radical (unpaired) electrons. The molecule has 23 heavy (non-hydrogen) atoms. The third kappa shape index (κ3) is 3.44. The highest BCUT2D eigenvalue weighted by Gasteiger charge is 2.14. The molecule has 0 fully saturated rings. The number of rotatable bonds is 4. The average molecular weight is 320 g/mol. The molecule has 3 rings (SSSR count). The third-order valence-corrected chi connectivity index (χ3v) is 4.12. The molecule has 1 aromatic heterocycles. The fraction of sp³-hybridized carbons (Fsp3) is 0.0556. The molecule has 0 bridgehead atoms. The number of hydrogen-bond donors (Lipinski definition) is 0. The number of benzene rings is 2. The van der Waals surface area contributed by atoms with E-state index in [-0.39, 0.29) is 12.3 Å². The van der Waals surface area contributed by atoms with Gasteiger partial charge in [-0.25, -0.2) is 9.78 Å². The van der Waals surface area contributed by atoms with Crippen molar-refractivity contribution in [1.82, 2.24) is 4.98 Å². The average Bonchev–Trinajstić information content (AvgIpc) is 3.11. The Morgan fingerprint density at radius 1 is 1.13 bits per heavy atom. The molecule has 0 atom stereocenters. The number of nitrogens with zero attached hydrogens (tertiary/aromatic N) is 2. The maximum atomic E-state index is 12.1. The molecule has 0 saturated heterocycles. The van der Waals surface area contributed by atoms with Crippen molar-refractivity contribution in [3.63, 3.8) is 0 Å². The molecule has 0 saturated carbocycles. The van der Waals surface area contributed by atoms with E-state index in [1.165, 1.54) is 11.3 Å². The Morgan fingerprint density at radius 2 is 1.87 bits per heavy atom. The van der Waals surface area contributed by atoms with Crippen LogP contribution in [0.15, 0.2) is 60.0 Å². The molecule has 0 aliphatic carbocycles. The first-order chi connectivity index (χ1) is 11.3. The normalized spacial score (nSPS) is 10.0. The molecule has 2 aromatic carbocycles. The van der Waals surface area contributed by atoms with Crippen LogP contribution in [-0.4, -0.2) is 11.0 Å². The number of nitriles is 1. The van der Waals surface area contributed by atoms with Crippen LogP contribution < -0.4 is 0 Å². The van der Waals surface area contributed by atoms with Crippen LogP contribution in [0.2, 0.25) is 0 Å². The number of ether oxygens (including phenoxy) is 1. The summed E-state index contributed by atoms with van der Waals surface area (Å²) in [4.78, 5) is 16.4. The predicted molar refractivity (Wildman–Crippen MR) is 87.8 cm³/mol. The number of hydrogen-bond acceptors (Lipinski definition) is 5. The third-order valence-electron chi connectivity index (χ3n) is 3.23. The summed E-state index contributed by atoms with van der Waals surface area (Å²) in [7, 11) is 0. The van der Waals surface area contributed by atoms with E-state index in [0.29, 0.717) is 11.1 Å². The lowest BCUT2D eigenvalue weighted by atomic mass is 10.1. The number of carbonyl (C=O) groups is 1. The molecular formula is C18H12N2O2S. The van der Waals surface area contributed by atoms with Gasteiger partial charge in [0.2, 0.25) is 0 Å². The molecule has 1 heterocycles. The van der Waals surface area contributed by atoms with Gasteiger partial charge in [0.1, 0.15) is 11.6 Å². The van der Waals surface area contributed by atoms with E-state index >= 15 is 0 Å². The monoisotopic (exact) mass is 320 g/mol. The molecule has 0 N–H and O–H groups in total. The summed E-state index contributed by atoms with van der Waals surface area (Å²) in [5.74, 6) is -0.490. The van der Waals surface area contributed by atoms with Crippen LogP contribution in [0.1, 0.15) is 21.6 Å². The topological polar surface area (TPSA) is 63.0 Å². The maximum Gasteiger partial charge on any atom is 0.358 e. The highest BCUT2D eigenvalue weighted by Crippen LogP contribution is 2.23. The standard InChI is InChI=1S/C18H12N2O2S/c19-10-14-8-4-5-9-15(14)11-22-18(21)16-12-23-17(20-16)13-6-2-1-3-7-13/h1-9,12H,11H2. The molecule has 0 spiro atoms. The lowest BCUT2D eigenvalue weighted by molar-refractivity contribution is 0.0466. The van der Waals surface area contributed by atoms with Crippen molar-refractivity contribution in [3.05, 3.63) is 76.8 Å². The molecular weight excluding hydrogens is 308 g/mol. The molecule has 0 unspecified atom stereocenters. The van der Waals surface area contributed by atoms with Crippen molar-refractivity contribution in [3.8, 4) is 16.6 Å². The first-order valence-electron chi connectivity index (χ1n) is 6.94. The zero-order valence-corrected chi connectivity index (χ0v) is 12.9. The highest BCUT2D eigenvalue weighted by atomic mass is 32.1. The van der Waals surface area contributed by atoms with Crippen LogP contribution in [0.3, 0.4) is 0 Å². The van der Waals surface area contributed by atoms with E-state index in [1.807, 2.05) is 30.3 Å². The van der Waals surface area contributed by atoms with Gasteiger partial charge in [-0.2, -0.15) is 5.26 Å². The number of carbonyl (C=O) groups excluding carboxylic acids is 1. The van der Waals surface area contributed by atoms with Gasteiger partial charge in [-0.1, -0.05) is 48.5 Å². The van der Waals surface area contributed by atoms with Gasteiger partial charge in [0.05, 0.1) is 11.6 Å². The van der Waals surface area contributed by atoms with Gasteiger partial charge in [0, 0.05) is 16.5 Å².